The minimum Gasteiger partial charge on any atom is -0.474 e. The van der Waals surface area contributed by atoms with Gasteiger partial charge in [0.05, 0.1) is 0 Å². The zero-order valence-corrected chi connectivity index (χ0v) is 11.0. The van der Waals surface area contributed by atoms with E-state index in [0.717, 1.165) is 32.7 Å². The van der Waals surface area contributed by atoms with Crippen LogP contribution in [0.2, 0.25) is 0 Å². The molecule has 19 heavy (non-hydrogen) atoms. The maximum Gasteiger partial charge on any atom is 0.196 e. The van der Waals surface area contributed by atoms with Crippen LogP contribution in [-0.4, -0.2) is 43.7 Å². The van der Waals surface area contributed by atoms with E-state index in [2.05, 4.69) is 16.3 Å². The Morgan fingerprint density at radius 2 is 2.21 bits per heavy atom. The Kier molecular flexibility index (Phi) is 5.16. The van der Waals surface area contributed by atoms with Crippen LogP contribution in [0.25, 0.3) is 0 Å². The van der Waals surface area contributed by atoms with Gasteiger partial charge in [0.15, 0.2) is 6.10 Å². The van der Waals surface area contributed by atoms with Crippen molar-refractivity contribution < 1.29 is 4.74 Å². The second-order valence-corrected chi connectivity index (χ2v) is 4.64. The molecule has 5 nitrogen and oxygen atoms in total. The van der Waals surface area contributed by atoms with Crippen LogP contribution in [0.3, 0.4) is 0 Å². The van der Waals surface area contributed by atoms with Crippen molar-refractivity contribution in [3.05, 3.63) is 29.8 Å². The Hall–Kier alpha value is -1.61. The highest BCUT2D eigenvalue weighted by Crippen LogP contribution is 2.16. The smallest absolute Gasteiger partial charge is 0.196 e. The Morgan fingerprint density at radius 1 is 1.42 bits per heavy atom. The zero-order chi connectivity index (χ0) is 13.5. The van der Waals surface area contributed by atoms with Gasteiger partial charge in [0.1, 0.15) is 11.8 Å². The van der Waals surface area contributed by atoms with Gasteiger partial charge in [-0.1, -0.05) is 12.1 Å². The van der Waals surface area contributed by atoms with Crippen LogP contribution in [0.1, 0.15) is 5.56 Å². The van der Waals surface area contributed by atoms with E-state index in [1.165, 1.54) is 5.56 Å². The molecule has 1 saturated heterocycles. The minimum absolute atomic E-state index is 0.207. The molecule has 1 aliphatic rings. The third-order valence-corrected chi connectivity index (χ3v) is 3.15. The number of nitrogens with zero attached hydrogens (tertiary/aromatic N) is 2. The molecule has 0 aromatic heterocycles. The maximum atomic E-state index is 8.85. The molecule has 1 heterocycles. The Balaban J connectivity index is 1.96. The molecule has 0 amide bonds. The highest BCUT2D eigenvalue weighted by molar-refractivity contribution is 5.29. The van der Waals surface area contributed by atoms with E-state index < -0.39 is 6.10 Å². The van der Waals surface area contributed by atoms with Gasteiger partial charge in [0.25, 0.3) is 0 Å². The predicted molar refractivity (Wildman–Crippen MR) is 73.7 cm³/mol. The van der Waals surface area contributed by atoms with Gasteiger partial charge in [-0.05, 0) is 17.7 Å². The first-order valence-electron chi connectivity index (χ1n) is 6.60. The van der Waals surface area contributed by atoms with E-state index in [9.17, 15) is 0 Å². The van der Waals surface area contributed by atoms with E-state index in [-0.39, 0.29) is 6.54 Å². The second kappa shape index (κ2) is 7.10. The molecule has 0 radical (unpaired) electrons. The van der Waals surface area contributed by atoms with Crippen LogP contribution in [0, 0.1) is 11.3 Å². The van der Waals surface area contributed by atoms with Crippen LogP contribution in [-0.2, 0) is 6.54 Å². The molecule has 1 aromatic rings. The monoisotopic (exact) mass is 260 g/mol. The fourth-order valence-corrected chi connectivity index (χ4v) is 2.14. The van der Waals surface area contributed by atoms with Crippen molar-refractivity contribution in [2.24, 2.45) is 5.73 Å². The summed E-state index contributed by atoms with van der Waals surface area (Å²) >= 11 is 0. The van der Waals surface area contributed by atoms with Gasteiger partial charge >= 0.3 is 0 Å². The van der Waals surface area contributed by atoms with E-state index >= 15 is 0 Å². The second-order valence-electron chi connectivity index (χ2n) is 4.64. The molecule has 1 aliphatic heterocycles. The van der Waals surface area contributed by atoms with Crippen LogP contribution in [0.4, 0.5) is 0 Å². The summed E-state index contributed by atoms with van der Waals surface area (Å²) in [6.07, 6.45) is -0.575. The first-order chi connectivity index (χ1) is 9.31. The molecular weight excluding hydrogens is 240 g/mol. The van der Waals surface area contributed by atoms with Crippen molar-refractivity contribution in [2.75, 3.05) is 32.7 Å². The summed E-state index contributed by atoms with van der Waals surface area (Å²) in [6.45, 7) is 5.33. The lowest BCUT2D eigenvalue weighted by atomic mass is 10.2. The maximum absolute atomic E-state index is 8.85. The molecule has 1 atom stereocenters. The number of nitriles is 1. The quantitative estimate of drug-likeness (QED) is 0.797. The highest BCUT2D eigenvalue weighted by atomic mass is 16.5. The van der Waals surface area contributed by atoms with E-state index in [1.807, 2.05) is 24.3 Å². The number of rotatable bonds is 5. The topological polar surface area (TPSA) is 74.3 Å². The van der Waals surface area contributed by atoms with Crippen molar-refractivity contribution in [1.29, 1.82) is 5.26 Å². The summed E-state index contributed by atoms with van der Waals surface area (Å²) in [5.41, 5.74) is 6.66. The van der Waals surface area contributed by atoms with Crippen LogP contribution in [0.5, 0.6) is 5.75 Å². The molecule has 5 heteroatoms. The molecule has 0 aliphatic carbocycles. The lowest BCUT2D eigenvalue weighted by molar-refractivity contribution is 0.232. The lowest BCUT2D eigenvalue weighted by Gasteiger charge is -2.27. The summed E-state index contributed by atoms with van der Waals surface area (Å²) in [6, 6.07) is 9.92. The van der Waals surface area contributed by atoms with Crippen LogP contribution in [0.15, 0.2) is 24.3 Å². The summed E-state index contributed by atoms with van der Waals surface area (Å²) in [5, 5.41) is 12.2. The molecule has 1 aromatic carbocycles. The highest BCUT2D eigenvalue weighted by Gasteiger charge is 2.11. The lowest BCUT2D eigenvalue weighted by Crippen LogP contribution is -2.42. The number of ether oxygens (including phenoxy) is 1. The van der Waals surface area contributed by atoms with Crippen LogP contribution >= 0.6 is 0 Å². The molecule has 2 rings (SSSR count). The Morgan fingerprint density at radius 3 is 2.89 bits per heavy atom. The fraction of sp³-hybridized carbons (Fsp3) is 0.500. The van der Waals surface area contributed by atoms with Gasteiger partial charge in [-0.15, -0.1) is 0 Å². The molecular formula is C14H20N4O. The Labute approximate surface area is 114 Å². The number of nitrogens with one attached hydrogen (secondary N) is 1. The number of piperazine rings is 1. The molecule has 0 spiro atoms. The molecule has 1 unspecified atom stereocenters. The minimum atomic E-state index is -0.575. The first-order valence-corrected chi connectivity index (χ1v) is 6.60. The molecule has 0 bridgehead atoms. The standard InChI is InChI=1S/C14H20N4O/c15-9-14(10-16)19-13-3-1-2-12(8-13)11-18-6-4-17-5-7-18/h1-3,8,14,17H,4-7,9,11,15H2. The van der Waals surface area contributed by atoms with Crippen molar-refractivity contribution in [3.63, 3.8) is 0 Å². The number of nitrogens with two attached hydrogens (primary N) is 1. The Bertz CT molecular complexity index is 437. The normalized spacial score (nSPS) is 17.7. The third kappa shape index (κ3) is 4.21. The van der Waals surface area contributed by atoms with Crippen molar-refractivity contribution in [2.45, 2.75) is 12.6 Å². The average molecular weight is 260 g/mol. The molecule has 0 saturated carbocycles. The number of hydrogen-bond acceptors (Lipinski definition) is 5. The van der Waals surface area contributed by atoms with Gasteiger partial charge < -0.3 is 15.8 Å². The van der Waals surface area contributed by atoms with Gasteiger partial charge in [-0.25, -0.2) is 0 Å². The molecule has 1 fully saturated rings. The van der Waals surface area contributed by atoms with E-state index in [1.54, 1.807) is 0 Å². The SMILES string of the molecule is N#CC(CN)Oc1cccc(CN2CCNCC2)c1. The van der Waals surface area contributed by atoms with E-state index in [4.69, 9.17) is 15.7 Å². The number of benzene rings is 1. The summed E-state index contributed by atoms with van der Waals surface area (Å²) < 4.78 is 5.53. The summed E-state index contributed by atoms with van der Waals surface area (Å²) in [4.78, 5) is 2.40. The summed E-state index contributed by atoms with van der Waals surface area (Å²) in [5.74, 6) is 0.713. The zero-order valence-electron chi connectivity index (χ0n) is 11.0. The van der Waals surface area contributed by atoms with Crippen molar-refractivity contribution in [3.8, 4) is 11.8 Å². The van der Waals surface area contributed by atoms with Gasteiger partial charge in [0.2, 0.25) is 0 Å². The fourth-order valence-electron chi connectivity index (χ4n) is 2.14. The largest absolute Gasteiger partial charge is 0.474 e. The van der Waals surface area contributed by atoms with Crippen molar-refractivity contribution >= 4 is 0 Å². The average Bonchev–Trinajstić information content (AvgIpc) is 2.46. The summed E-state index contributed by atoms with van der Waals surface area (Å²) in [7, 11) is 0. The first kappa shape index (κ1) is 13.8. The predicted octanol–water partition coefficient (Wildman–Crippen LogP) is 0.321. The molecule has 102 valence electrons. The number of hydrogen-bond donors (Lipinski definition) is 2. The van der Waals surface area contributed by atoms with Gasteiger partial charge in [0, 0.05) is 39.3 Å². The molecule has 3 N–H and O–H groups in total. The van der Waals surface area contributed by atoms with Crippen molar-refractivity contribution in [1.82, 2.24) is 10.2 Å². The van der Waals surface area contributed by atoms with E-state index in [0.29, 0.717) is 5.75 Å². The van der Waals surface area contributed by atoms with Gasteiger partial charge in [-0.3, -0.25) is 4.90 Å². The third-order valence-electron chi connectivity index (χ3n) is 3.15. The van der Waals surface area contributed by atoms with Gasteiger partial charge in [-0.2, -0.15) is 5.26 Å². The van der Waals surface area contributed by atoms with Crippen LogP contribution < -0.4 is 15.8 Å².